The smallest absolute Gasteiger partial charge is 0.239 e. The van der Waals surface area contributed by atoms with E-state index in [1.165, 1.54) is 16.7 Å². The van der Waals surface area contributed by atoms with Gasteiger partial charge in [0.25, 0.3) is 0 Å². The molecule has 2 unspecified atom stereocenters. The average molecular weight is 229 g/mol. The van der Waals surface area contributed by atoms with Crippen LogP contribution in [-0.4, -0.2) is 45.5 Å². The Labute approximate surface area is 93.0 Å². The van der Waals surface area contributed by atoms with Crippen LogP contribution in [0.15, 0.2) is 0 Å². The van der Waals surface area contributed by atoms with E-state index in [1.54, 1.807) is 0 Å². The van der Waals surface area contributed by atoms with Crippen molar-refractivity contribution in [3.8, 4) is 0 Å². The first-order chi connectivity index (χ1) is 6.94. The molecule has 1 heterocycles. The first-order valence-corrected chi connectivity index (χ1v) is 6.20. The third-order valence-electron chi connectivity index (χ3n) is 3.46. The number of aliphatic hydroxyl groups excluding tert-OH is 1. The van der Waals surface area contributed by atoms with Crippen LogP contribution in [0.2, 0.25) is 0 Å². The van der Waals surface area contributed by atoms with Crippen LogP contribution in [0, 0.1) is 5.41 Å². The van der Waals surface area contributed by atoms with Gasteiger partial charge in [-0.1, -0.05) is 13.8 Å². The standard InChI is InChI=1S/C10H15NO3S/c1-10(2)6(3-7(10)12)11-8(13)4-15-5-9(11)14/h6-7,12H,3-5H2,1-2H3. The average Bonchev–Trinajstić information content (AvgIpc) is 2.16. The fraction of sp³-hybridized carbons (Fsp3) is 0.800. The number of amides is 2. The zero-order chi connectivity index (χ0) is 11.2. The zero-order valence-corrected chi connectivity index (χ0v) is 9.71. The van der Waals surface area contributed by atoms with Crippen LogP contribution in [0.1, 0.15) is 20.3 Å². The van der Waals surface area contributed by atoms with Gasteiger partial charge in [0.05, 0.1) is 17.6 Å². The summed E-state index contributed by atoms with van der Waals surface area (Å²) in [5.41, 5.74) is -0.354. The third-order valence-corrected chi connectivity index (χ3v) is 4.37. The molecule has 4 nitrogen and oxygen atoms in total. The minimum atomic E-state index is -0.405. The molecule has 1 saturated carbocycles. The lowest BCUT2D eigenvalue weighted by atomic mass is 9.64. The van der Waals surface area contributed by atoms with E-state index < -0.39 is 6.10 Å². The highest BCUT2D eigenvalue weighted by molar-refractivity contribution is 8.00. The molecular weight excluding hydrogens is 214 g/mol. The highest BCUT2D eigenvalue weighted by Gasteiger charge is 2.53. The number of hydrogen-bond acceptors (Lipinski definition) is 4. The lowest BCUT2D eigenvalue weighted by Gasteiger charge is -2.53. The molecule has 1 aliphatic carbocycles. The van der Waals surface area contributed by atoms with Crippen molar-refractivity contribution in [2.45, 2.75) is 32.4 Å². The fourth-order valence-electron chi connectivity index (χ4n) is 2.17. The van der Waals surface area contributed by atoms with Crippen LogP contribution < -0.4 is 0 Å². The Bertz CT molecular complexity index is 300. The summed E-state index contributed by atoms with van der Waals surface area (Å²) in [6, 6.07) is -0.117. The molecule has 2 amide bonds. The van der Waals surface area contributed by atoms with Crippen LogP contribution in [0.4, 0.5) is 0 Å². The molecule has 1 N–H and O–H groups in total. The number of hydrogen-bond donors (Lipinski definition) is 1. The maximum Gasteiger partial charge on any atom is 0.239 e. The van der Waals surface area contributed by atoms with Gasteiger partial charge in [-0.15, -0.1) is 11.8 Å². The van der Waals surface area contributed by atoms with E-state index in [0.29, 0.717) is 17.9 Å². The molecule has 2 aliphatic rings. The Kier molecular flexibility index (Phi) is 2.55. The topological polar surface area (TPSA) is 57.6 Å². The maximum atomic E-state index is 11.6. The van der Waals surface area contributed by atoms with E-state index in [9.17, 15) is 14.7 Å². The molecule has 0 aromatic rings. The molecular formula is C10H15NO3S. The summed E-state index contributed by atoms with van der Waals surface area (Å²) in [5.74, 6) is 0.547. The molecule has 84 valence electrons. The van der Waals surface area contributed by atoms with Crippen molar-refractivity contribution in [3.05, 3.63) is 0 Å². The van der Waals surface area contributed by atoms with E-state index in [2.05, 4.69) is 0 Å². The lowest BCUT2D eigenvalue weighted by molar-refractivity contribution is -0.165. The largest absolute Gasteiger partial charge is 0.392 e. The molecule has 2 atom stereocenters. The summed E-state index contributed by atoms with van der Waals surface area (Å²) in [5, 5.41) is 9.59. The normalized spacial score (nSPS) is 35.3. The molecule has 0 aromatic carbocycles. The second kappa shape index (κ2) is 3.49. The summed E-state index contributed by atoms with van der Waals surface area (Å²) >= 11 is 1.36. The summed E-state index contributed by atoms with van der Waals surface area (Å²) in [6.07, 6.45) is 0.118. The Hall–Kier alpha value is -0.550. The van der Waals surface area contributed by atoms with Crippen molar-refractivity contribution in [3.63, 3.8) is 0 Å². The third kappa shape index (κ3) is 1.58. The van der Waals surface area contributed by atoms with E-state index in [0.717, 1.165) is 0 Å². The van der Waals surface area contributed by atoms with Gasteiger partial charge in [-0.2, -0.15) is 0 Å². The van der Waals surface area contributed by atoms with E-state index in [4.69, 9.17) is 0 Å². The molecule has 15 heavy (non-hydrogen) atoms. The van der Waals surface area contributed by atoms with Gasteiger partial charge in [0, 0.05) is 11.5 Å². The van der Waals surface area contributed by atoms with Gasteiger partial charge in [0.1, 0.15) is 0 Å². The van der Waals surface area contributed by atoms with Crippen molar-refractivity contribution < 1.29 is 14.7 Å². The van der Waals surface area contributed by atoms with Crippen molar-refractivity contribution in [2.75, 3.05) is 11.5 Å². The van der Waals surface area contributed by atoms with Gasteiger partial charge in [0.2, 0.25) is 11.8 Å². The monoisotopic (exact) mass is 229 g/mol. The quantitative estimate of drug-likeness (QED) is 0.655. The second-order valence-electron chi connectivity index (χ2n) is 4.74. The predicted octanol–water partition coefficient (Wildman–Crippen LogP) is 0.248. The Morgan fingerprint density at radius 1 is 1.33 bits per heavy atom. The Morgan fingerprint density at radius 2 is 1.87 bits per heavy atom. The summed E-state index contributed by atoms with van der Waals surface area (Å²) in [7, 11) is 0. The highest BCUT2D eigenvalue weighted by Crippen LogP contribution is 2.44. The molecule has 0 aromatic heterocycles. The Morgan fingerprint density at radius 3 is 2.27 bits per heavy atom. The van der Waals surface area contributed by atoms with Gasteiger partial charge in [-0.05, 0) is 6.42 Å². The summed E-state index contributed by atoms with van der Waals surface area (Å²) in [4.78, 5) is 24.6. The number of carbonyl (C=O) groups is 2. The number of carbonyl (C=O) groups excluding carboxylic acids is 2. The number of aliphatic hydroxyl groups is 1. The van der Waals surface area contributed by atoms with Crippen LogP contribution in [0.3, 0.4) is 0 Å². The van der Waals surface area contributed by atoms with Gasteiger partial charge in [-0.3, -0.25) is 14.5 Å². The molecule has 0 bridgehead atoms. The van der Waals surface area contributed by atoms with Crippen LogP contribution >= 0.6 is 11.8 Å². The van der Waals surface area contributed by atoms with Crippen LogP contribution in [0.25, 0.3) is 0 Å². The number of thioether (sulfide) groups is 1. The van der Waals surface area contributed by atoms with Crippen molar-refractivity contribution in [2.24, 2.45) is 5.41 Å². The minimum absolute atomic E-state index is 0.110. The van der Waals surface area contributed by atoms with Crippen molar-refractivity contribution in [1.82, 2.24) is 4.90 Å². The molecule has 0 radical (unpaired) electrons. The molecule has 2 fully saturated rings. The maximum absolute atomic E-state index is 11.6. The van der Waals surface area contributed by atoms with Crippen molar-refractivity contribution in [1.29, 1.82) is 0 Å². The number of rotatable bonds is 1. The van der Waals surface area contributed by atoms with E-state index in [-0.39, 0.29) is 23.3 Å². The number of nitrogens with zero attached hydrogens (tertiary/aromatic N) is 1. The molecule has 1 aliphatic heterocycles. The number of imide groups is 1. The van der Waals surface area contributed by atoms with Gasteiger partial charge < -0.3 is 5.11 Å². The SMILES string of the molecule is CC1(C)C(O)CC1N1C(=O)CSCC1=O. The predicted molar refractivity (Wildman–Crippen MR) is 57.4 cm³/mol. The van der Waals surface area contributed by atoms with Crippen LogP contribution in [-0.2, 0) is 9.59 Å². The Balaban J connectivity index is 2.16. The molecule has 1 saturated heterocycles. The van der Waals surface area contributed by atoms with Gasteiger partial charge in [0.15, 0.2) is 0 Å². The minimum Gasteiger partial charge on any atom is -0.392 e. The van der Waals surface area contributed by atoms with Gasteiger partial charge >= 0.3 is 0 Å². The van der Waals surface area contributed by atoms with Crippen LogP contribution in [0.5, 0.6) is 0 Å². The lowest BCUT2D eigenvalue weighted by Crippen LogP contribution is -2.65. The second-order valence-corrected chi connectivity index (χ2v) is 5.72. The summed E-state index contributed by atoms with van der Waals surface area (Å²) < 4.78 is 0. The fourth-order valence-corrected chi connectivity index (χ4v) is 2.90. The molecule has 5 heteroatoms. The van der Waals surface area contributed by atoms with Gasteiger partial charge in [-0.25, -0.2) is 0 Å². The van der Waals surface area contributed by atoms with E-state index in [1.807, 2.05) is 13.8 Å². The first-order valence-electron chi connectivity index (χ1n) is 5.05. The van der Waals surface area contributed by atoms with E-state index >= 15 is 0 Å². The summed E-state index contributed by atoms with van der Waals surface area (Å²) in [6.45, 7) is 3.79. The molecule has 2 rings (SSSR count). The highest BCUT2D eigenvalue weighted by atomic mass is 32.2. The van der Waals surface area contributed by atoms with Crippen molar-refractivity contribution >= 4 is 23.6 Å². The molecule has 0 spiro atoms. The first kappa shape index (κ1) is 11.0. The zero-order valence-electron chi connectivity index (χ0n) is 8.90.